The summed E-state index contributed by atoms with van der Waals surface area (Å²) in [5.41, 5.74) is 2.51. The van der Waals surface area contributed by atoms with Gasteiger partial charge in [-0.3, -0.25) is 4.57 Å². The average molecular weight is 462 g/mol. The van der Waals surface area contributed by atoms with Crippen LogP contribution in [-0.4, -0.2) is 25.6 Å². The number of unbranched alkanes of at least 4 members (excludes halogenated alkanes) is 2. The van der Waals surface area contributed by atoms with Crippen molar-refractivity contribution in [3.8, 4) is 5.75 Å². The number of hydrogen-bond donors (Lipinski definition) is 1. The smallest absolute Gasteiger partial charge is 0.367 e. The van der Waals surface area contributed by atoms with Gasteiger partial charge in [0, 0.05) is 12.1 Å². The molecular formula is C26H40NO4P. The zero-order valence-corrected chi connectivity index (χ0v) is 21.0. The van der Waals surface area contributed by atoms with Gasteiger partial charge >= 0.3 is 7.60 Å². The van der Waals surface area contributed by atoms with E-state index >= 15 is 0 Å². The van der Waals surface area contributed by atoms with E-state index in [4.69, 9.17) is 13.8 Å². The number of ether oxygens (including phenoxy) is 1. The number of benzene rings is 2. The van der Waals surface area contributed by atoms with E-state index in [1.165, 1.54) is 11.1 Å². The van der Waals surface area contributed by atoms with Crippen molar-refractivity contribution in [3.05, 3.63) is 65.7 Å². The van der Waals surface area contributed by atoms with Crippen molar-refractivity contribution in [1.29, 1.82) is 0 Å². The highest BCUT2D eigenvalue weighted by atomic mass is 31.2. The van der Waals surface area contributed by atoms with Gasteiger partial charge in [0.2, 0.25) is 0 Å². The Morgan fingerprint density at radius 3 is 2.03 bits per heavy atom. The van der Waals surface area contributed by atoms with Crippen LogP contribution < -0.4 is 10.1 Å². The first kappa shape index (κ1) is 26.6. The Morgan fingerprint density at radius 1 is 0.875 bits per heavy atom. The lowest BCUT2D eigenvalue weighted by Gasteiger charge is -2.21. The molecule has 0 aromatic heterocycles. The van der Waals surface area contributed by atoms with Gasteiger partial charge in [0.25, 0.3) is 0 Å². The zero-order valence-electron chi connectivity index (χ0n) is 20.1. The predicted molar refractivity (Wildman–Crippen MR) is 132 cm³/mol. The van der Waals surface area contributed by atoms with Gasteiger partial charge in [-0.05, 0) is 56.4 Å². The normalized spacial score (nSPS) is 13.6. The maximum atomic E-state index is 13.0. The van der Waals surface area contributed by atoms with Gasteiger partial charge < -0.3 is 19.1 Å². The SMILES string of the molecule is CCCCOP(=O)(COc1ccc(CC(C)NC(C)c2ccccc2)cc1)OCCCC. The summed E-state index contributed by atoms with van der Waals surface area (Å²) < 4.78 is 30.0. The second-order valence-electron chi connectivity index (χ2n) is 8.31. The molecule has 178 valence electrons. The molecule has 0 bridgehead atoms. The summed E-state index contributed by atoms with van der Waals surface area (Å²) >= 11 is 0. The van der Waals surface area contributed by atoms with Crippen molar-refractivity contribution in [2.45, 2.75) is 71.9 Å². The lowest BCUT2D eigenvalue weighted by Crippen LogP contribution is -2.30. The summed E-state index contributed by atoms with van der Waals surface area (Å²) in [6, 6.07) is 19.1. The largest absolute Gasteiger partial charge is 0.481 e. The van der Waals surface area contributed by atoms with Gasteiger partial charge in [0.05, 0.1) is 13.2 Å². The molecule has 0 radical (unpaired) electrons. The molecule has 2 unspecified atom stereocenters. The second kappa shape index (κ2) is 14.5. The summed E-state index contributed by atoms with van der Waals surface area (Å²) in [7, 11) is -3.26. The van der Waals surface area contributed by atoms with Crippen LogP contribution in [0.25, 0.3) is 0 Å². The van der Waals surface area contributed by atoms with Crippen LogP contribution in [0.2, 0.25) is 0 Å². The molecule has 0 aliphatic heterocycles. The van der Waals surface area contributed by atoms with Crippen LogP contribution >= 0.6 is 7.60 Å². The van der Waals surface area contributed by atoms with Gasteiger partial charge in [-0.15, -0.1) is 0 Å². The number of hydrogen-bond acceptors (Lipinski definition) is 5. The van der Waals surface area contributed by atoms with E-state index in [0.29, 0.717) is 31.0 Å². The van der Waals surface area contributed by atoms with E-state index in [1.807, 2.05) is 18.2 Å². The number of rotatable bonds is 16. The van der Waals surface area contributed by atoms with E-state index in [-0.39, 0.29) is 6.35 Å². The third-order valence-corrected chi connectivity index (χ3v) is 6.86. The third-order valence-electron chi connectivity index (χ3n) is 5.26. The molecule has 2 aromatic carbocycles. The fraction of sp³-hybridized carbons (Fsp3) is 0.538. The lowest BCUT2D eigenvalue weighted by molar-refractivity contribution is 0.180. The molecule has 0 saturated heterocycles. The number of nitrogens with one attached hydrogen (secondary N) is 1. The Labute approximate surface area is 194 Å². The lowest BCUT2D eigenvalue weighted by atomic mass is 10.0. The highest BCUT2D eigenvalue weighted by Crippen LogP contribution is 2.48. The molecule has 0 spiro atoms. The standard InChI is InChI=1S/C26H40NO4P/c1-5-7-18-30-32(28,31-19-8-6-2)21-29-26-16-14-24(15-17-26)20-22(3)27-23(4)25-12-10-9-11-13-25/h9-17,22-23,27H,5-8,18-21H2,1-4H3. The van der Waals surface area contributed by atoms with Crippen LogP contribution in [0.1, 0.15) is 70.5 Å². The summed E-state index contributed by atoms with van der Waals surface area (Å²) in [5, 5.41) is 3.65. The molecule has 6 heteroatoms. The van der Waals surface area contributed by atoms with Crippen molar-refractivity contribution in [3.63, 3.8) is 0 Å². The first-order valence-electron chi connectivity index (χ1n) is 11.9. The monoisotopic (exact) mass is 461 g/mol. The van der Waals surface area contributed by atoms with Crippen LogP contribution in [0.4, 0.5) is 0 Å². The highest BCUT2D eigenvalue weighted by Gasteiger charge is 2.25. The second-order valence-corrected chi connectivity index (χ2v) is 10.3. The van der Waals surface area contributed by atoms with Crippen molar-refractivity contribution >= 4 is 7.60 Å². The van der Waals surface area contributed by atoms with Gasteiger partial charge in [-0.25, -0.2) is 0 Å². The minimum Gasteiger partial charge on any atom is -0.481 e. The Morgan fingerprint density at radius 2 is 1.47 bits per heavy atom. The molecule has 2 rings (SSSR count). The minimum absolute atomic E-state index is 0.0632. The fourth-order valence-electron chi connectivity index (χ4n) is 3.36. The van der Waals surface area contributed by atoms with E-state index in [0.717, 1.165) is 32.1 Å². The Kier molecular flexibility index (Phi) is 12.0. The first-order valence-corrected chi connectivity index (χ1v) is 13.6. The van der Waals surface area contributed by atoms with Crippen molar-refractivity contribution in [2.75, 3.05) is 19.6 Å². The summed E-state index contributed by atoms with van der Waals surface area (Å²) in [6.45, 7) is 9.38. The predicted octanol–water partition coefficient (Wildman–Crippen LogP) is 7.13. The highest BCUT2D eigenvalue weighted by molar-refractivity contribution is 7.53. The quantitative estimate of drug-likeness (QED) is 0.213. The van der Waals surface area contributed by atoms with E-state index in [9.17, 15) is 4.57 Å². The molecule has 1 N–H and O–H groups in total. The van der Waals surface area contributed by atoms with Crippen LogP contribution in [0, 0.1) is 0 Å². The van der Waals surface area contributed by atoms with Gasteiger partial charge in [-0.2, -0.15) is 0 Å². The fourth-order valence-corrected chi connectivity index (χ4v) is 4.71. The molecule has 0 fully saturated rings. The van der Waals surface area contributed by atoms with Crippen molar-refractivity contribution < 1.29 is 18.3 Å². The first-order chi connectivity index (χ1) is 15.5. The van der Waals surface area contributed by atoms with E-state index in [1.54, 1.807) is 0 Å². The Balaban J connectivity index is 1.85. The summed E-state index contributed by atoms with van der Waals surface area (Å²) in [5.74, 6) is 0.672. The maximum absolute atomic E-state index is 13.0. The topological polar surface area (TPSA) is 56.8 Å². The third kappa shape index (κ3) is 9.87. The summed E-state index contributed by atoms with van der Waals surface area (Å²) in [6.07, 6.45) is 4.52. The molecule has 0 aliphatic rings. The molecule has 2 atom stereocenters. The van der Waals surface area contributed by atoms with Crippen LogP contribution in [-0.2, 0) is 20.0 Å². The van der Waals surface area contributed by atoms with Crippen molar-refractivity contribution in [1.82, 2.24) is 5.32 Å². The van der Waals surface area contributed by atoms with E-state index < -0.39 is 7.60 Å². The molecule has 0 heterocycles. The Bertz CT molecular complexity index is 783. The zero-order chi connectivity index (χ0) is 23.2. The average Bonchev–Trinajstić information content (AvgIpc) is 2.79. The molecular weight excluding hydrogens is 421 g/mol. The molecule has 0 saturated carbocycles. The minimum atomic E-state index is -3.26. The molecule has 0 amide bonds. The van der Waals surface area contributed by atoms with E-state index in [2.05, 4.69) is 69.4 Å². The van der Waals surface area contributed by atoms with Crippen molar-refractivity contribution in [2.24, 2.45) is 0 Å². The van der Waals surface area contributed by atoms with Crippen LogP contribution in [0.15, 0.2) is 54.6 Å². The molecule has 5 nitrogen and oxygen atoms in total. The molecule has 32 heavy (non-hydrogen) atoms. The van der Waals surface area contributed by atoms with Gasteiger partial charge in [-0.1, -0.05) is 69.2 Å². The van der Waals surface area contributed by atoms with Crippen LogP contribution in [0.3, 0.4) is 0 Å². The Hall–Kier alpha value is -1.65. The molecule has 2 aromatic rings. The maximum Gasteiger partial charge on any atom is 0.367 e. The van der Waals surface area contributed by atoms with Crippen LogP contribution in [0.5, 0.6) is 5.75 Å². The summed E-state index contributed by atoms with van der Waals surface area (Å²) in [4.78, 5) is 0. The van der Waals surface area contributed by atoms with Gasteiger partial charge in [0.1, 0.15) is 5.75 Å². The van der Waals surface area contributed by atoms with Gasteiger partial charge in [0.15, 0.2) is 6.35 Å². The molecule has 0 aliphatic carbocycles.